The Kier molecular flexibility index (Phi) is 4.60. The van der Waals surface area contributed by atoms with Crippen molar-refractivity contribution in [2.45, 2.75) is 25.3 Å². The van der Waals surface area contributed by atoms with E-state index in [4.69, 9.17) is 9.72 Å². The number of nitrogens with zero attached hydrogens (tertiary/aromatic N) is 8. The minimum Gasteiger partial charge on any atom is -0.481 e. The largest absolute Gasteiger partial charge is 0.481 e. The van der Waals surface area contributed by atoms with E-state index in [0.29, 0.717) is 35.3 Å². The summed E-state index contributed by atoms with van der Waals surface area (Å²) in [5.41, 5.74) is 3.13. The smallest absolute Gasteiger partial charge is 0.213 e. The molecule has 1 fully saturated rings. The van der Waals surface area contributed by atoms with E-state index < -0.39 is 0 Å². The molecule has 5 heterocycles. The Morgan fingerprint density at radius 1 is 1.14 bits per heavy atom. The monoisotopic (exact) mass is 391 g/mol. The molecule has 148 valence electrons. The van der Waals surface area contributed by atoms with Crippen molar-refractivity contribution >= 4 is 11.2 Å². The van der Waals surface area contributed by atoms with E-state index in [0.717, 1.165) is 37.2 Å². The minimum atomic E-state index is 0.460. The number of ether oxygens (including phenoxy) is 1. The molecule has 1 saturated heterocycles. The zero-order valence-corrected chi connectivity index (χ0v) is 16.1. The molecule has 0 amide bonds. The van der Waals surface area contributed by atoms with Gasteiger partial charge in [-0.2, -0.15) is 9.78 Å². The Morgan fingerprint density at radius 2 is 2.03 bits per heavy atom. The lowest BCUT2D eigenvalue weighted by molar-refractivity contribution is 0.343. The van der Waals surface area contributed by atoms with Crippen LogP contribution in [0.15, 0.2) is 36.9 Å². The quantitative estimate of drug-likeness (QED) is 0.543. The van der Waals surface area contributed by atoms with Crippen LogP contribution in [0.25, 0.3) is 16.9 Å². The zero-order chi connectivity index (χ0) is 19.6. The van der Waals surface area contributed by atoms with E-state index in [1.165, 1.54) is 0 Å². The van der Waals surface area contributed by atoms with E-state index in [1.807, 2.05) is 12.3 Å². The predicted molar refractivity (Wildman–Crippen MR) is 105 cm³/mol. The number of hydrogen-bond donors (Lipinski definition) is 1. The number of fused-ring (bicyclic) bond motifs is 1. The third kappa shape index (κ3) is 3.54. The first-order valence-corrected chi connectivity index (χ1v) is 9.61. The lowest BCUT2D eigenvalue weighted by Crippen LogP contribution is -2.29. The van der Waals surface area contributed by atoms with Crippen LogP contribution >= 0.6 is 0 Å². The van der Waals surface area contributed by atoms with Crippen molar-refractivity contribution in [1.29, 1.82) is 0 Å². The van der Waals surface area contributed by atoms with Crippen LogP contribution in [0.2, 0.25) is 0 Å². The first-order valence-electron chi connectivity index (χ1n) is 9.61. The molecule has 0 unspecified atom stereocenters. The van der Waals surface area contributed by atoms with Gasteiger partial charge in [0.1, 0.15) is 5.82 Å². The Bertz CT molecular complexity index is 1110. The summed E-state index contributed by atoms with van der Waals surface area (Å²) in [4.78, 5) is 13.4. The van der Waals surface area contributed by atoms with Gasteiger partial charge in [0.25, 0.3) is 0 Å². The summed E-state index contributed by atoms with van der Waals surface area (Å²) in [6.45, 7) is 2.08. The molecule has 29 heavy (non-hydrogen) atoms. The van der Waals surface area contributed by atoms with Gasteiger partial charge < -0.3 is 10.1 Å². The van der Waals surface area contributed by atoms with Gasteiger partial charge in [-0.3, -0.25) is 4.68 Å². The Balaban J connectivity index is 1.40. The van der Waals surface area contributed by atoms with E-state index in [-0.39, 0.29) is 0 Å². The van der Waals surface area contributed by atoms with E-state index in [2.05, 4.69) is 41.6 Å². The van der Waals surface area contributed by atoms with Gasteiger partial charge in [-0.25, -0.2) is 15.0 Å². The molecule has 0 bridgehead atoms. The lowest BCUT2D eigenvalue weighted by Gasteiger charge is -2.22. The van der Waals surface area contributed by atoms with Crippen LogP contribution in [0.4, 0.5) is 0 Å². The van der Waals surface area contributed by atoms with Crippen LogP contribution in [0.5, 0.6) is 5.88 Å². The molecule has 1 aliphatic rings. The molecule has 0 atom stereocenters. The molecule has 4 aromatic rings. The lowest BCUT2D eigenvalue weighted by atomic mass is 10.1. The van der Waals surface area contributed by atoms with Crippen molar-refractivity contribution < 1.29 is 4.74 Å². The Hall–Kier alpha value is -3.40. The van der Waals surface area contributed by atoms with Gasteiger partial charge in [0.15, 0.2) is 11.2 Å². The Labute approximate surface area is 167 Å². The van der Waals surface area contributed by atoms with Crippen molar-refractivity contribution in [3.63, 3.8) is 0 Å². The van der Waals surface area contributed by atoms with Crippen LogP contribution in [-0.2, 0) is 6.42 Å². The van der Waals surface area contributed by atoms with Crippen LogP contribution in [0, 0.1) is 0 Å². The number of rotatable bonds is 5. The van der Waals surface area contributed by atoms with Gasteiger partial charge in [0.2, 0.25) is 5.88 Å². The highest BCUT2D eigenvalue weighted by atomic mass is 16.5. The molecule has 1 aliphatic heterocycles. The van der Waals surface area contributed by atoms with E-state index in [1.54, 1.807) is 30.3 Å². The highest BCUT2D eigenvalue weighted by molar-refractivity contribution is 5.70. The molecule has 0 radical (unpaired) electrons. The van der Waals surface area contributed by atoms with E-state index in [9.17, 15) is 0 Å². The van der Waals surface area contributed by atoms with Gasteiger partial charge in [0.05, 0.1) is 37.4 Å². The molecule has 4 aromatic heterocycles. The fourth-order valence-corrected chi connectivity index (χ4v) is 3.56. The van der Waals surface area contributed by atoms with Gasteiger partial charge in [0, 0.05) is 18.7 Å². The molecule has 0 aliphatic carbocycles. The average Bonchev–Trinajstić information content (AvgIpc) is 3.41. The second kappa shape index (κ2) is 7.55. The third-order valence-electron chi connectivity index (χ3n) is 5.12. The molecule has 5 rings (SSSR count). The zero-order valence-electron chi connectivity index (χ0n) is 16.1. The van der Waals surface area contributed by atoms with Crippen LogP contribution in [0.3, 0.4) is 0 Å². The molecule has 0 spiro atoms. The van der Waals surface area contributed by atoms with Crippen molar-refractivity contribution in [3.8, 4) is 11.6 Å². The van der Waals surface area contributed by atoms with Crippen molar-refractivity contribution in [1.82, 2.24) is 45.0 Å². The van der Waals surface area contributed by atoms with Gasteiger partial charge in [-0.1, -0.05) is 5.21 Å². The summed E-state index contributed by atoms with van der Waals surface area (Å²) in [5, 5.41) is 16.3. The fourth-order valence-electron chi connectivity index (χ4n) is 3.56. The van der Waals surface area contributed by atoms with Crippen LogP contribution in [-0.4, -0.2) is 59.9 Å². The summed E-state index contributed by atoms with van der Waals surface area (Å²) in [7, 11) is 1.58. The fraction of sp³-hybridized carbons (Fsp3) is 0.368. The highest BCUT2D eigenvalue weighted by Crippen LogP contribution is 2.19. The molecular weight excluding hydrogens is 370 g/mol. The SMILES string of the molecule is COc1ccc(-n2nnc3cnc(Cc4cnn(C5CCNCC5)c4)nc32)cn1. The normalized spacial score (nSPS) is 15.1. The topological polar surface area (TPSA) is 108 Å². The number of methoxy groups -OCH3 is 1. The number of piperidine rings is 1. The number of aromatic nitrogens is 8. The summed E-state index contributed by atoms with van der Waals surface area (Å²) in [6.07, 6.45) is 10.2. The predicted octanol–water partition coefficient (Wildman–Crippen LogP) is 1.33. The summed E-state index contributed by atoms with van der Waals surface area (Å²) >= 11 is 0. The Morgan fingerprint density at radius 3 is 2.83 bits per heavy atom. The van der Waals surface area contributed by atoms with Crippen LogP contribution < -0.4 is 10.1 Å². The first kappa shape index (κ1) is 17.7. The maximum Gasteiger partial charge on any atom is 0.213 e. The molecule has 10 heteroatoms. The van der Waals surface area contributed by atoms with Crippen molar-refractivity contribution in [3.05, 3.63) is 48.3 Å². The van der Waals surface area contributed by atoms with Crippen molar-refractivity contribution in [2.75, 3.05) is 20.2 Å². The molecule has 0 aromatic carbocycles. The molecular formula is C19H21N9O. The highest BCUT2D eigenvalue weighted by Gasteiger charge is 2.16. The molecule has 1 N–H and O–H groups in total. The summed E-state index contributed by atoms with van der Waals surface area (Å²) in [5.74, 6) is 1.24. The number of nitrogens with one attached hydrogen (secondary N) is 1. The minimum absolute atomic E-state index is 0.460. The number of hydrogen-bond acceptors (Lipinski definition) is 8. The average molecular weight is 391 g/mol. The first-order chi connectivity index (χ1) is 14.3. The van der Waals surface area contributed by atoms with E-state index >= 15 is 0 Å². The maximum absolute atomic E-state index is 5.11. The summed E-state index contributed by atoms with van der Waals surface area (Å²) < 4.78 is 8.84. The maximum atomic E-state index is 5.11. The van der Waals surface area contributed by atoms with Gasteiger partial charge >= 0.3 is 0 Å². The van der Waals surface area contributed by atoms with Gasteiger partial charge in [-0.15, -0.1) is 5.10 Å². The number of pyridine rings is 1. The van der Waals surface area contributed by atoms with Crippen molar-refractivity contribution in [2.24, 2.45) is 0 Å². The molecule has 0 saturated carbocycles. The van der Waals surface area contributed by atoms with Gasteiger partial charge in [-0.05, 0) is 37.6 Å². The molecule has 10 nitrogen and oxygen atoms in total. The third-order valence-corrected chi connectivity index (χ3v) is 5.12. The second-order valence-corrected chi connectivity index (χ2v) is 7.04. The van der Waals surface area contributed by atoms with Crippen LogP contribution in [0.1, 0.15) is 30.3 Å². The second-order valence-electron chi connectivity index (χ2n) is 7.04. The standard InChI is InChI=1S/C19H21N9O/c1-29-18-3-2-15(10-22-18)28-19-16(25-26-28)11-21-17(24-19)8-13-9-23-27(12-13)14-4-6-20-7-5-14/h2-3,9-12,14,20H,4-8H2,1H3. The summed E-state index contributed by atoms with van der Waals surface area (Å²) in [6, 6.07) is 4.10.